The highest BCUT2D eigenvalue weighted by molar-refractivity contribution is 5.94. The zero-order valence-electron chi connectivity index (χ0n) is 14.0. The molecule has 1 atom stereocenters. The fourth-order valence-corrected chi connectivity index (χ4v) is 3.34. The minimum Gasteiger partial charge on any atom is -0.383 e. The second kappa shape index (κ2) is 7.76. The lowest BCUT2D eigenvalue weighted by Crippen LogP contribution is -2.47. The van der Waals surface area contributed by atoms with E-state index in [4.69, 9.17) is 4.74 Å². The summed E-state index contributed by atoms with van der Waals surface area (Å²) in [5.74, 6) is -1.14. The number of halogens is 1. The number of hydrogen-bond acceptors (Lipinski definition) is 3. The van der Waals surface area contributed by atoms with Gasteiger partial charge in [0.2, 0.25) is 0 Å². The minimum absolute atomic E-state index is 0.0227. The minimum atomic E-state index is -1.22. The lowest BCUT2D eigenvalue weighted by molar-refractivity contribution is -0.0680. The van der Waals surface area contributed by atoms with Crippen LogP contribution in [-0.4, -0.2) is 30.8 Å². The molecule has 0 bridgehead atoms. The van der Waals surface area contributed by atoms with Gasteiger partial charge in [-0.2, -0.15) is 0 Å². The molecule has 2 aromatic rings. The third-order valence-corrected chi connectivity index (χ3v) is 4.81. The number of aliphatic hydroxyl groups is 1. The molecule has 25 heavy (non-hydrogen) atoms. The number of nitrogens with one attached hydrogen (secondary N) is 1. The van der Waals surface area contributed by atoms with Gasteiger partial charge in [0, 0.05) is 13.2 Å². The van der Waals surface area contributed by atoms with E-state index < -0.39 is 17.3 Å². The van der Waals surface area contributed by atoms with Gasteiger partial charge < -0.3 is 15.2 Å². The van der Waals surface area contributed by atoms with Crippen molar-refractivity contribution >= 4 is 5.91 Å². The summed E-state index contributed by atoms with van der Waals surface area (Å²) in [6.45, 7) is 1.19. The Hall–Kier alpha value is -2.24. The molecule has 1 aliphatic rings. The van der Waals surface area contributed by atoms with E-state index in [1.807, 2.05) is 30.3 Å². The molecule has 0 spiro atoms. The van der Waals surface area contributed by atoms with Crippen molar-refractivity contribution in [1.29, 1.82) is 0 Å². The molecule has 0 radical (unpaired) electrons. The van der Waals surface area contributed by atoms with Crippen LogP contribution < -0.4 is 5.32 Å². The highest BCUT2D eigenvalue weighted by Crippen LogP contribution is 2.35. The van der Waals surface area contributed by atoms with Gasteiger partial charge in [-0.15, -0.1) is 0 Å². The van der Waals surface area contributed by atoms with Crippen LogP contribution in [0.5, 0.6) is 0 Å². The van der Waals surface area contributed by atoms with Gasteiger partial charge in [0.15, 0.2) is 0 Å². The molecule has 0 saturated carbocycles. The second-order valence-electron chi connectivity index (χ2n) is 6.34. The Morgan fingerprint density at radius 3 is 2.44 bits per heavy atom. The highest BCUT2D eigenvalue weighted by Gasteiger charge is 2.39. The van der Waals surface area contributed by atoms with Crippen LogP contribution in [0.1, 0.15) is 28.8 Å². The van der Waals surface area contributed by atoms with Crippen molar-refractivity contribution in [2.75, 3.05) is 19.8 Å². The Morgan fingerprint density at radius 2 is 1.76 bits per heavy atom. The van der Waals surface area contributed by atoms with Crippen molar-refractivity contribution in [3.63, 3.8) is 0 Å². The van der Waals surface area contributed by atoms with E-state index in [2.05, 4.69) is 5.32 Å². The molecule has 132 valence electrons. The van der Waals surface area contributed by atoms with E-state index in [0.29, 0.717) is 26.1 Å². The number of ether oxygens (including phenoxy) is 1. The maximum Gasteiger partial charge on any atom is 0.254 e. The average Bonchev–Trinajstić information content (AvgIpc) is 2.67. The number of carbonyl (C=O) groups excluding carboxylic acids is 1. The lowest BCUT2D eigenvalue weighted by atomic mass is 9.77. The van der Waals surface area contributed by atoms with Gasteiger partial charge in [0.05, 0.1) is 12.1 Å². The maximum absolute atomic E-state index is 13.8. The van der Waals surface area contributed by atoms with Crippen molar-refractivity contribution in [3.8, 4) is 0 Å². The smallest absolute Gasteiger partial charge is 0.254 e. The first kappa shape index (κ1) is 17.6. The molecule has 1 aliphatic heterocycles. The Labute approximate surface area is 146 Å². The van der Waals surface area contributed by atoms with E-state index in [9.17, 15) is 14.3 Å². The van der Waals surface area contributed by atoms with Gasteiger partial charge in [-0.3, -0.25) is 4.79 Å². The fourth-order valence-electron chi connectivity index (χ4n) is 3.34. The number of benzene rings is 2. The van der Waals surface area contributed by atoms with Crippen LogP contribution in [0.4, 0.5) is 4.39 Å². The summed E-state index contributed by atoms with van der Waals surface area (Å²) in [5.41, 5.74) is -0.494. The summed E-state index contributed by atoms with van der Waals surface area (Å²) in [7, 11) is 0. The molecular formula is C20H22FNO3. The zero-order chi connectivity index (χ0) is 17.7. The number of rotatable bonds is 5. The van der Waals surface area contributed by atoms with Crippen molar-refractivity contribution < 1.29 is 19.0 Å². The summed E-state index contributed by atoms with van der Waals surface area (Å²) in [6, 6.07) is 15.1. The molecule has 5 heteroatoms. The lowest BCUT2D eigenvalue weighted by Gasteiger charge is -2.39. The van der Waals surface area contributed by atoms with E-state index >= 15 is 0 Å². The molecule has 1 amide bonds. The van der Waals surface area contributed by atoms with Crippen LogP contribution in [0.2, 0.25) is 0 Å². The first-order valence-electron chi connectivity index (χ1n) is 8.49. The summed E-state index contributed by atoms with van der Waals surface area (Å²) >= 11 is 0. The predicted molar refractivity (Wildman–Crippen MR) is 92.6 cm³/mol. The van der Waals surface area contributed by atoms with Crippen molar-refractivity contribution in [3.05, 3.63) is 71.5 Å². The van der Waals surface area contributed by atoms with Gasteiger partial charge >= 0.3 is 0 Å². The molecule has 1 unspecified atom stereocenters. The molecule has 0 aromatic heterocycles. The summed E-state index contributed by atoms with van der Waals surface area (Å²) in [5, 5.41) is 14.1. The van der Waals surface area contributed by atoms with Crippen molar-refractivity contribution in [2.45, 2.75) is 18.4 Å². The first-order valence-corrected chi connectivity index (χ1v) is 8.49. The largest absolute Gasteiger partial charge is 0.383 e. The summed E-state index contributed by atoms with van der Waals surface area (Å²) in [4.78, 5) is 12.3. The van der Waals surface area contributed by atoms with Crippen LogP contribution in [0.3, 0.4) is 0 Å². The number of hydrogen-bond donors (Lipinski definition) is 2. The Morgan fingerprint density at radius 1 is 1.12 bits per heavy atom. The van der Waals surface area contributed by atoms with Crippen molar-refractivity contribution in [2.24, 2.45) is 5.92 Å². The molecule has 1 saturated heterocycles. The summed E-state index contributed by atoms with van der Waals surface area (Å²) in [6.07, 6.45) is 1.42. The quantitative estimate of drug-likeness (QED) is 0.878. The fraction of sp³-hybridized carbons (Fsp3) is 0.350. The first-order chi connectivity index (χ1) is 12.1. The van der Waals surface area contributed by atoms with E-state index in [1.54, 1.807) is 6.07 Å². The van der Waals surface area contributed by atoms with Crippen LogP contribution in [0.25, 0.3) is 0 Å². The maximum atomic E-state index is 13.8. The van der Waals surface area contributed by atoms with E-state index in [-0.39, 0.29) is 18.0 Å². The number of carbonyl (C=O) groups is 1. The Kier molecular flexibility index (Phi) is 5.46. The molecule has 1 heterocycles. The van der Waals surface area contributed by atoms with E-state index in [1.165, 1.54) is 18.2 Å². The molecule has 1 fully saturated rings. The van der Waals surface area contributed by atoms with Crippen LogP contribution >= 0.6 is 0 Å². The predicted octanol–water partition coefficient (Wildman–Crippen LogP) is 2.87. The van der Waals surface area contributed by atoms with Gasteiger partial charge in [-0.1, -0.05) is 42.5 Å². The van der Waals surface area contributed by atoms with Crippen LogP contribution in [0, 0.1) is 11.7 Å². The standard InChI is InChI=1S/C20H22FNO3/c21-18-9-5-4-8-17(18)19(23)22-14-20(24,15-6-2-1-3-7-15)16-10-12-25-13-11-16/h1-9,16,24H,10-14H2,(H,22,23). The topological polar surface area (TPSA) is 58.6 Å². The van der Waals surface area contributed by atoms with Crippen LogP contribution in [0.15, 0.2) is 54.6 Å². The molecule has 4 nitrogen and oxygen atoms in total. The average molecular weight is 343 g/mol. The monoisotopic (exact) mass is 343 g/mol. The second-order valence-corrected chi connectivity index (χ2v) is 6.34. The SMILES string of the molecule is O=C(NCC(O)(c1ccccc1)C1CCOCC1)c1ccccc1F. The highest BCUT2D eigenvalue weighted by atomic mass is 19.1. The molecule has 2 aromatic carbocycles. The zero-order valence-corrected chi connectivity index (χ0v) is 14.0. The number of amides is 1. The van der Waals surface area contributed by atoms with Crippen molar-refractivity contribution in [1.82, 2.24) is 5.32 Å². The Balaban J connectivity index is 1.80. The van der Waals surface area contributed by atoms with Crippen LogP contribution in [-0.2, 0) is 10.3 Å². The molecule has 2 N–H and O–H groups in total. The van der Waals surface area contributed by atoms with Gasteiger partial charge in [0.25, 0.3) is 5.91 Å². The van der Waals surface area contributed by atoms with Gasteiger partial charge in [0.1, 0.15) is 11.4 Å². The normalized spacial score (nSPS) is 17.7. The van der Waals surface area contributed by atoms with Gasteiger partial charge in [-0.25, -0.2) is 4.39 Å². The van der Waals surface area contributed by atoms with E-state index in [0.717, 1.165) is 5.56 Å². The third kappa shape index (κ3) is 3.89. The summed E-state index contributed by atoms with van der Waals surface area (Å²) < 4.78 is 19.2. The molecule has 3 rings (SSSR count). The Bertz CT molecular complexity index is 716. The molecule has 0 aliphatic carbocycles. The third-order valence-electron chi connectivity index (χ3n) is 4.81. The van der Waals surface area contributed by atoms with Gasteiger partial charge in [-0.05, 0) is 36.5 Å². The molecular weight excluding hydrogens is 321 g/mol.